The number of hydrogen-bond acceptors (Lipinski definition) is 6. The van der Waals surface area contributed by atoms with Crippen LogP contribution < -0.4 is 5.06 Å². The van der Waals surface area contributed by atoms with E-state index >= 15 is 0 Å². The van der Waals surface area contributed by atoms with Crippen LogP contribution in [0.5, 0.6) is 0 Å². The number of hydroxylamine groups is 1. The lowest BCUT2D eigenvalue weighted by molar-refractivity contribution is 0.0185. The van der Waals surface area contributed by atoms with Crippen molar-refractivity contribution in [2.75, 3.05) is 5.06 Å². The number of hydrogen-bond donors (Lipinski definition) is 1. The summed E-state index contributed by atoms with van der Waals surface area (Å²) in [5, 5.41) is 15.2. The Hall–Kier alpha value is -2.94. The van der Waals surface area contributed by atoms with Gasteiger partial charge >= 0.3 is 12.1 Å². The molecular formula is C24H32FN3O5. The number of ether oxygens (including phenoxy) is 1. The Labute approximate surface area is 193 Å². The van der Waals surface area contributed by atoms with Gasteiger partial charge in [-0.05, 0) is 66.5 Å². The van der Waals surface area contributed by atoms with Gasteiger partial charge in [0, 0.05) is 12.0 Å². The topological polar surface area (TPSA) is 93.9 Å². The molecule has 1 aromatic heterocycles. The number of aromatic nitrogens is 2. The molecule has 3 atom stereocenters. The summed E-state index contributed by atoms with van der Waals surface area (Å²) >= 11 is 0. The van der Waals surface area contributed by atoms with E-state index in [1.807, 2.05) is 20.8 Å². The van der Waals surface area contributed by atoms with Crippen LogP contribution >= 0.6 is 0 Å². The van der Waals surface area contributed by atoms with Crippen LogP contribution in [0.2, 0.25) is 0 Å². The molecule has 1 aliphatic carbocycles. The van der Waals surface area contributed by atoms with Gasteiger partial charge in [0.25, 0.3) is 0 Å². The predicted molar refractivity (Wildman–Crippen MR) is 121 cm³/mol. The second kappa shape index (κ2) is 9.13. The minimum Gasteiger partial charge on any atom is -0.441 e. The number of aliphatic hydroxyl groups is 1. The summed E-state index contributed by atoms with van der Waals surface area (Å²) in [4.78, 5) is 31.5. The Morgan fingerprint density at radius 3 is 2.27 bits per heavy atom. The Morgan fingerprint density at radius 2 is 1.76 bits per heavy atom. The van der Waals surface area contributed by atoms with Gasteiger partial charge in [0.2, 0.25) is 0 Å². The molecule has 1 aromatic carbocycles. The Balaban J connectivity index is 2.06. The first-order valence-corrected chi connectivity index (χ1v) is 11.0. The molecular weight excluding hydrogens is 429 g/mol. The van der Waals surface area contributed by atoms with Gasteiger partial charge in [-0.25, -0.2) is 18.7 Å². The van der Waals surface area contributed by atoms with Crippen molar-refractivity contribution < 1.29 is 28.7 Å². The third kappa shape index (κ3) is 5.71. The molecule has 0 radical (unpaired) electrons. The molecule has 1 saturated carbocycles. The number of carbonyl (C=O) groups excluding carboxylic acids is 2. The lowest BCUT2D eigenvalue weighted by Crippen LogP contribution is -2.41. The lowest BCUT2D eigenvalue weighted by atomic mass is 10.0. The molecule has 8 nitrogen and oxygen atoms in total. The first-order chi connectivity index (χ1) is 15.3. The highest BCUT2D eigenvalue weighted by Crippen LogP contribution is 2.39. The van der Waals surface area contributed by atoms with Gasteiger partial charge in [0.05, 0.1) is 22.9 Å². The van der Waals surface area contributed by atoms with Crippen molar-refractivity contribution in [3.05, 3.63) is 47.7 Å². The van der Waals surface area contributed by atoms with Crippen molar-refractivity contribution in [2.45, 2.75) is 83.7 Å². The smallest absolute Gasteiger partial charge is 0.441 e. The largest absolute Gasteiger partial charge is 0.450 e. The Morgan fingerprint density at radius 1 is 1.12 bits per heavy atom. The molecule has 33 heavy (non-hydrogen) atoms. The molecule has 1 fully saturated rings. The second-order valence-electron chi connectivity index (χ2n) is 10.2. The fraction of sp³-hybridized carbons (Fsp3) is 0.542. The third-order valence-corrected chi connectivity index (χ3v) is 5.20. The van der Waals surface area contributed by atoms with Gasteiger partial charge in [0.15, 0.2) is 5.82 Å². The normalized spacial score (nSPS) is 21.0. The first-order valence-electron chi connectivity index (χ1n) is 11.0. The molecule has 1 aliphatic rings. The maximum atomic E-state index is 14.6. The van der Waals surface area contributed by atoms with E-state index in [-0.39, 0.29) is 11.4 Å². The van der Waals surface area contributed by atoms with E-state index in [0.717, 1.165) is 5.06 Å². The third-order valence-electron chi connectivity index (χ3n) is 5.20. The summed E-state index contributed by atoms with van der Waals surface area (Å²) in [5.41, 5.74) is -0.886. The van der Waals surface area contributed by atoms with E-state index in [0.29, 0.717) is 18.5 Å². The van der Waals surface area contributed by atoms with Gasteiger partial charge in [-0.2, -0.15) is 5.10 Å². The van der Waals surface area contributed by atoms with E-state index in [4.69, 9.17) is 9.57 Å². The van der Waals surface area contributed by atoms with Crippen LogP contribution in [-0.4, -0.2) is 44.8 Å². The van der Waals surface area contributed by atoms with E-state index in [9.17, 15) is 19.1 Å². The van der Waals surface area contributed by atoms with Crippen LogP contribution in [0.3, 0.4) is 0 Å². The molecule has 1 amide bonds. The molecule has 0 saturated heterocycles. The number of carbonyl (C=O) groups is 2. The van der Waals surface area contributed by atoms with Crippen LogP contribution in [0, 0.1) is 0 Å². The maximum absolute atomic E-state index is 14.6. The fourth-order valence-electron chi connectivity index (χ4n) is 3.65. The molecule has 0 spiro atoms. The number of alkyl halides is 1. The van der Waals surface area contributed by atoms with Crippen LogP contribution in [0.25, 0.3) is 0 Å². The summed E-state index contributed by atoms with van der Waals surface area (Å²) in [6.45, 7) is 10.7. The van der Waals surface area contributed by atoms with E-state index < -0.39 is 41.4 Å². The Kier molecular flexibility index (Phi) is 6.83. The van der Waals surface area contributed by atoms with Gasteiger partial charge in [-0.15, -0.1) is 0 Å². The zero-order valence-corrected chi connectivity index (χ0v) is 19.9. The van der Waals surface area contributed by atoms with Crippen LogP contribution in [0.15, 0.2) is 36.4 Å². The number of halogens is 1. The van der Waals surface area contributed by atoms with Crippen molar-refractivity contribution >= 4 is 17.9 Å². The number of benzene rings is 1. The highest BCUT2D eigenvalue weighted by atomic mass is 19.1. The van der Waals surface area contributed by atoms with E-state index in [1.165, 1.54) is 10.7 Å². The summed E-state index contributed by atoms with van der Waals surface area (Å²) in [7, 11) is 0. The lowest BCUT2D eigenvalue weighted by Gasteiger charge is -2.29. The highest BCUT2D eigenvalue weighted by Gasteiger charge is 2.40. The van der Waals surface area contributed by atoms with Crippen molar-refractivity contribution in [1.82, 2.24) is 9.78 Å². The summed E-state index contributed by atoms with van der Waals surface area (Å²) in [6.07, 6.45) is -2.70. The second-order valence-corrected chi connectivity index (χ2v) is 10.2. The molecule has 2 aromatic rings. The van der Waals surface area contributed by atoms with Gasteiger partial charge in [-0.1, -0.05) is 23.3 Å². The summed E-state index contributed by atoms with van der Waals surface area (Å²) in [5.74, 6) is -1.26. The summed E-state index contributed by atoms with van der Waals surface area (Å²) in [6, 6.07) is 9.76. The Bertz CT molecular complexity index is 994. The zero-order valence-electron chi connectivity index (χ0n) is 19.9. The number of aliphatic hydroxyl groups excluding tert-OH is 1. The van der Waals surface area contributed by atoms with Crippen LogP contribution in [0.4, 0.5) is 15.0 Å². The van der Waals surface area contributed by atoms with Gasteiger partial charge in [0.1, 0.15) is 11.8 Å². The van der Waals surface area contributed by atoms with Crippen LogP contribution in [0.1, 0.15) is 76.4 Å². The first kappa shape index (κ1) is 24.7. The number of rotatable bonds is 3. The van der Waals surface area contributed by atoms with Crippen molar-refractivity contribution in [1.29, 1.82) is 0 Å². The maximum Gasteiger partial charge on any atom is 0.450 e. The van der Waals surface area contributed by atoms with Crippen LogP contribution in [-0.2, 0) is 15.1 Å². The molecule has 3 rings (SSSR count). The molecule has 0 unspecified atom stereocenters. The molecule has 1 heterocycles. The van der Waals surface area contributed by atoms with Crippen molar-refractivity contribution in [3.8, 4) is 0 Å². The molecule has 9 heteroatoms. The van der Waals surface area contributed by atoms with Gasteiger partial charge in [-0.3, -0.25) is 0 Å². The highest BCUT2D eigenvalue weighted by molar-refractivity contribution is 5.94. The standard InChI is InChI=1S/C24H32FN3O5/c1-23(2,3)28-19(14-17(26-28)16-12-13-18(29)20(16)25)27(22(31)32-24(4,5)6)33-21(30)15-10-8-7-9-11-15/h7-11,14,16,18,20,29H,12-13H2,1-6H3/t16-,18-,20+/m0/s1. The minimum atomic E-state index is -1.47. The fourth-order valence-corrected chi connectivity index (χ4v) is 3.65. The van der Waals surface area contributed by atoms with Gasteiger partial charge < -0.3 is 14.7 Å². The average Bonchev–Trinajstić information content (AvgIpc) is 3.29. The molecule has 0 aliphatic heterocycles. The number of nitrogens with zero attached hydrogens (tertiary/aromatic N) is 3. The summed E-state index contributed by atoms with van der Waals surface area (Å²) < 4.78 is 21.6. The van der Waals surface area contributed by atoms with E-state index in [1.54, 1.807) is 51.1 Å². The quantitative estimate of drug-likeness (QED) is 0.665. The molecule has 0 bridgehead atoms. The average molecular weight is 462 g/mol. The molecule has 1 N–H and O–H groups in total. The van der Waals surface area contributed by atoms with Crippen molar-refractivity contribution in [3.63, 3.8) is 0 Å². The number of amides is 1. The number of anilines is 1. The monoisotopic (exact) mass is 461 g/mol. The minimum absolute atomic E-state index is 0.129. The van der Waals surface area contributed by atoms with E-state index in [2.05, 4.69) is 5.10 Å². The molecule has 180 valence electrons. The van der Waals surface area contributed by atoms with Crippen molar-refractivity contribution in [2.24, 2.45) is 0 Å². The SMILES string of the molecule is CC(C)(C)OC(=O)N(OC(=O)c1ccccc1)c1cc([C@@H]2CC[C@H](O)[C@@H]2F)nn1C(C)(C)C. The zero-order chi connectivity index (χ0) is 24.6. The predicted octanol–water partition coefficient (Wildman–Crippen LogP) is 4.73.